The summed E-state index contributed by atoms with van der Waals surface area (Å²) in [7, 11) is 1.72. The summed E-state index contributed by atoms with van der Waals surface area (Å²) >= 11 is 0. The van der Waals surface area contributed by atoms with Gasteiger partial charge in [0.05, 0.1) is 12.2 Å². The first-order chi connectivity index (χ1) is 9.61. The molecule has 0 aliphatic heterocycles. The Labute approximate surface area is 129 Å². The minimum absolute atomic E-state index is 0. The summed E-state index contributed by atoms with van der Waals surface area (Å²) < 4.78 is 1.54. The minimum atomic E-state index is -0.139. The molecule has 0 saturated heterocycles. The van der Waals surface area contributed by atoms with E-state index in [0.29, 0.717) is 11.8 Å². The molecule has 0 atom stereocenters. The van der Waals surface area contributed by atoms with Crippen molar-refractivity contribution in [1.29, 1.82) is 0 Å². The highest BCUT2D eigenvalue weighted by molar-refractivity contribution is 5.91. The Morgan fingerprint density at radius 1 is 1.33 bits per heavy atom. The van der Waals surface area contributed by atoms with Gasteiger partial charge in [-0.2, -0.15) is 9.78 Å². The van der Waals surface area contributed by atoms with E-state index in [1.54, 1.807) is 30.2 Å². The van der Waals surface area contributed by atoms with Crippen molar-refractivity contribution in [2.24, 2.45) is 0 Å². The number of anilines is 1. The summed E-state index contributed by atoms with van der Waals surface area (Å²) in [6.07, 6.45) is 3.27. The Morgan fingerprint density at radius 3 is 2.57 bits per heavy atom. The fourth-order valence-electron chi connectivity index (χ4n) is 1.67. The van der Waals surface area contributed by atoms with Crippen molar-refractivity contribution >= 4 is 24.1 Å². The number of rotatable bonds is 5. The van der Waals surface area contributed by atoms with Gasteiger partial charge in [0.1, 0.15) is 5.82 Å². The number of nitrogens with one attached hydrogen (secondary N) is 2. The van der Waals surface area contributed by atoms with Gasteiger partial charge in [-0.05, 0) is 19.0 Å². The van der Waals surface area contributed by atoms with Crippen LogP contribution in [0.2, 0.25) is 0 Å². The first-order valence-electron chi connectivity index (χ1n) is 6.43. The molecule has 2 aromatic heterocycles. The molecule has 0 spiro atoms. The molecule has 0 aliphatic carbocycles. The van der Waals surface area contributed by atoms with Crippen LogP contribution in [0, 0.1) is 0 Å². The molecule has 21 heavy (non-hydrogen) atoms. The van der Waals surface area contributed by atoms with Gasteiger partial charge in [0.25, 0.3) is 5.95 Å². The molecule has 1 amide bonds. The lowest BCUT2D eigenvalue weighted by Gasteiger charge is -2.06. The van der Waals surface area contributed by atoms with Crippen molar-refractivity contribution < 1.29 is 4.79 Å². The Morgan fingerprint density at radius 2 is 2.00 bits per heavy atom. The zero-order valence-electron chi connectivity index (χ0n) is 12.2. The molecule has 0 radical (unpaired) electrons. The van der Waals surface area contributed by atoms with Crippen LogP contribution < -0.4 is 10.6 Å². The van der Waals surface area contributed by atoms with Crippen LogP contribution in [-0.2, 0) is 4.79 Å². The molecule has 114 valence electrons. The summed E-state index contributed by atoms with van der Waals surface area (Å²) in [6.45, 7) is 4.31. The highest BCUT2D eigenvalue weighted by Gasteiger charge is 2.15. The van der Waals surface area contributed by atoms with E-state index in [-0.39, 0.29) is 30.8 Å². The average Bonchev–Trinajstić information content (AvgIpc) is 2.84. The zero-order valence-corrected chi connectivity index (χ0v) is 13.0. The van der Waals surface area contributed by atoms with Gasteiger partial charge in [0.15, 0.2) is 0 Å². The molecule has 2 heterocycles. The zero-order chi connectivity index (χ0) is 14.5. The Balaban J connectivity index is 0.00000220. The van der Waals surface area contributed by atoms with Crippen LogP contribution >= 0.6 is 12.4 Å². The number of hydrogen-bond donors (Lipinski definition) is 2. The molecule has 7 nitrogen and oxygen atoms in total. The summed E-state index contributed by atoms with van der Waals surface area (Å²) in [6, 6.07) is 3.57. The Kier molecular flexibility index (Phi) is 6.26. The molecule has 0 fully saturated rings. The van der Waals surface area contributed by atoms with Crippen LogP contribution in [0.3, 0.4) is 0 Å². The van der Waals surface area contributed by atoms with E-state index in [1.807, 2.05) is 19.9 Å². The SMILES string of the molecule is CNCC(=O)Nc1cc(C(C)C)nn1-c1ncccn1.Cl. The van der Waals surface area contributed by atoms with Crippen LogP contribution in [0.4, 0.5) is 5.82 Å². The molecule has 8 heteroatoms. The van der Waals surface area contributed by atoms with Gasteiger partial charge in [-0.25, -0.2) is 9.97 Å². The number of likely N-dealkylation sites (N-methyl/N-ethyl adjacent to an activating group) is 1. The van der Waals surface area contributed by atoms with E-state index >= 15 is 0 Å². The van der Waals surface area contributed by atoms with Crippen molar-refractivity contribution in [2.45, 2.75) is 19.8 Å². The highest BCUT2D eigenvalue weighted by Crippen LogP contribution is 2.20. The predicted molar refractivity (Wildman–Crippen MR) is 83.0 cm³/mol. The second-order valence-electron chi connectivity index (χ2n) is 4.65. The number of amides is 1. The second-order valence-corrected chi connectivity index (χ2v) is 4.65. The molecule has 2 rings (SSSR count). The Bertz CT molecular complexity index is 584. The van der Waals surface area contributed by atoms with Crippen LogP contribution in [0.5, 0.6) is 0 Å². The van der Waals surface area contributed by atoms with Crippen LogP contribution in [0.1, 0.15) is 25.5 Å². The van der Waals surface area contributed by atoms with E-state index in [2.05, 4.69) is 25.7 Å². The van der Waals surface area contributed by atoms with Crippen molar-refractivity contribution in [1.82, 2.24) is 25.1 Å². The molecule has 0 saturated carbocycles. The van der Waals surface area contributed by atoms with Crippen LogP contribution in [0.15, 0.2) is 24.5 Å². The second kappa shape index (κ2) is 7.70. The van der Waals surface area contributed by atoms with Gasteiger partial charge in [0.2, 0.25) is 5.91 Å². The van der Waals surface area contributed by atoms with Crippen LogP contribution in [-0.4, -0.2) is 39.2 Å². The molecule has 2 aromatic rings. The van der Waals surface area contributed by atoms with Gasteiger partial charge < -0.3 is 10.6 Å². The summed E-state index contributed by atoms with van der Waals surface area (Å²) in [4.78, 5) is 20.0. The monoisotopic (exact) mass is 310 g/mol. The van der Waals surface area contributed by atoms with E-state index in [9.17, 15) is 4.79 Å². The van der Waals surface area contributed by atoms with Crippen molar-refractivity contribution in [3.05, 3.63) is 30.2 Å². The third-order valence-corrected chi connectivity index (χ3v) is 2.67. The lowest BCUT2D eigenvalue weighted by atomic mass is 10.1. The lowest BCUT2D eigenvalue weighted by Crippen LogP contribution is -2.26. The van der Waals surface area contributed by atoms with Crippen LogP contribution in [0.25, 0.3) is 5.95 Å². The van der Waals surface area contributed by atoms with Crippen molar-refractivity contribution in [3.63, 3.8) is 0 Å². The number of carbonyl (C=O) groups excluding carboxylic acids is 1. The smallest absolute Gasteiger partial charge is 0.252 e. The molecule has 2 N–H and O–H groups in total. The number of halogens is 1. The number of carbonyl (C=O) groups is 1. The standard InChI is InChI=1S/C13H18N6O.ClH/c1-9(2)10-7-11(17-12(20)8-14-3)19(18-10)13-15-5-4-6-16-13;/h4-7,9,14H,8H2,1-3H3,(H,17,20);1H. The maximum atomic E-state index is 11.7. The molecule has 0 aromatic carbocycles. The maximum Gasteiger partial charge on any atom is 0.252 e. The molecular weight excluding hydrogens is 292 g/mol. The third-order valence-electron chi connectivity index (χ3n) is 2.67. The molecular formula is C13H19ClN6O. The minimum Gasteiger partial charge on any atom is -0.311 e. The van der Waals surface area contributed by atoms with E-state index in [1.165, 1.54) is 0 Å². The maximum absolute atomic E-state index is 11.7. The van der Waals surface area contributed by atoms with Crippen molar-refractivity contribution in [2.75, 3.05) is 18.9 Å². The van der Waals surface area contributed by atoms with E-state index in [0.717, 1.165) is 5.69 Å². The van der Waals surface area contributed by atoms with Gasteiger partial charge in [-0.3, -0.25) is 4.79 Å². The average molecular weight is 311 g/mol. The van der Waals surface area contributed by atoms with Gasteiger partial charge in [-0.1, -0.05) is 13.8 Å². The highest BCUT2D eigenvalue weighted by atomic mass is 35.5. The summed E-state index contributed by atoms with van der Waals surface area (Å²) in [5.41, 5.74) is 0.872. The van der Waals surface area contributed by atoms with Gasteiger partial charge >= 0.3 is 0 Å². The molecule has 0 aliphatic rings. The number of aromatic nitrogens is 4. The van der Waals surface area contributed by atoms with Gasteiger partial charge in [-0.15, -0.1) is 12.4 Å². The summed E-state index contributed by atoms with van der Waals surface area (Å²) in [5.74, 6) is 1.11. The number of nitrogens with zero attached hydrogens (tertiary/aromatic N) is 4. The van der Waals surface area contributed by atoms with E-state index in [4.69, 9.17) is 0 Å². The Hall–Kier alpha value is -1.99. The largest absolute Gasteiger partial charge is 0.311 e. The molecule has 0 unspecified atom stereocenters. The summed E-state index contributed by atoms with van der Waals surface area (Å²) in [5, 5.41) is 10.1. The van der Waals surface area contributed by atoms with E-state index < -0.39 is 0 Å². The third kappa shape index (κ3) is 4.24. The first kappa shape index (κ1) is 17.1. The van der Waals surface area contributed by atoms with Crippen molar-refractivity contribution in [3.8, 4) is 5.95 Å². The quantitative estimate of drug-likeness (QED) is 0.871. The topological polar surface area (TPSA) is 84.7 Å². The molecule has 0 bridgehead atoms. The van der Waals surface area contributed by atoms with Gasteiger partial charge in [0, 0.05) is 18.5 Å². The normalized spacial score (nSPS) is 10.3. The first-order valence-corrected chi connectivity index (χ1v) is 6.43. The lowest BCUT2D eigenvalue weighted by molar-refractivity contribution is -0.115. The fraction of sp³-hybridized carbons (Fsp3) is 0.385. The number of hydrogen-bond acceptors (Lipinski definition) is 5. The predicted octanol–water partition coefficient (Wildman–Crippen LogP) is 1.37. The fourth-order valence-corrected chi connectivity index (χ4v) is 1.67.